The Kier molecular flexibility index (Phi) is 4.80. The molecular weight excluding hydrogens is 280 g/mol. The van der Waals surface area contributed by atoms with Gasteiger partial charge in [0.2, 0.25) is 5.91 Å². The molecular formula is C17H24N2O3. The van der Waals surface area contributed by atoms with Gasteiger partial charge in [0.1, 0.15) is 6.04 Å². The quantitative estimate of drug-likeness (QED) is 0.844. The Morgan fingerprint density at radius 1 is 1.00 bits per heavy atom. The fraction of sp³-hybridized carbons (Fsp3) is 0.647. The van der Waals surface area contributed by atoms with E-state index in [-0.39, 0.29) is 17.9 Å². The lowest BCUT2D eigenvalue weighted by Crippen LogP contribution is -2.48. The zero-order chi connectivity index (χ0) is 15.4. The summed E-state index contributed by atoms with van der Waals surface area (Å²) in [6, 6.07) is 3.06. The first-order valence-electron chi connectivity index (χ1n) is 8.40. The zero-order valence-electron chi connectivity index (χ0n) is 13.0. The van der Waals surface area contributed by atoms with E-state index < -0.39 is 0 Å². The molecule has 2 aliphatic heterocycles. The van der Waals surface area contributed by atoms with Crippen molar-refractivity contribution in [3.8, 4) is 0 Å². The third-order valence-electron chi connectivity index (χ3n) is 4.70. The second-order valence-corrected chi connectivity index (χ2v) is 6.23. The average Bonchev–Trinajstić information content (AvgIpc) is 3.17. The first kappa shape index (κ1) is 15.1. The summed E-state index contributed by atoms with van der Waals surface area (Å²) in [6.45, 7) is 2.31. The normalized spacial score (nSPS) is 23.2. The highest BCUT2D eigenvalue weighted by atomic mass is 16.3. The number of hydrogen-bond donors (Lipinski definition) is 0. The van der Waals surface area contributed by atoms with Gasteiger partial charge in [-0.15, -0.1) is 0 Å². The van der Waals surface area contributed by atoms with Gasteiger partial charge in [-0.1, -0.05) is 19.3 Å². The van der Waals surface area contributed by atoms with Gasteiger partial charge < -0.3 is 14.2 Å². The Labute approximate surface area is 131 Å². The van der Waals surface area contributed by atoms with Crippen LogP contribution in [0.25, 0.3) is 0 Å². The van der Waals surface area contributed by atoms with Crippen LogP contribution in [0.1, 0.15) is 55.5 Å². The fourth-order valence-corrected chi connectivity index (χ4v) is 3.49. The van der Waals surface area contributed by atoms with Crippen LogP contribution in [0.15, 0.2) is 22.8 Å². The Hall–Kier alpha value is -1.78. The molecule has 1 atom stereocenters. The standard InChI is InChI=1S/C17H24N2O3/c20-16(18-10-4-2-1-3-5-11-18)14-8-6-12-19(14)17(21)15-9-7-13-22-15/h7,9,13-14H,1-6,8,10-12H2. The van der Waals surface area contributed by atoms with Gasteiger partial charge in [0.25, 0.3) is 5.91 Å². The Balaban J connectivity index is 1.69. The maximum Gasteiger partial charge on any atom is 0.290 e. The summed E-state index contributed by atoms with van der Waals surface area (Å²) in [5.41, 5.74) is 0. The first-order valence-corrected chi connectivity index (χ1v) is 8.40. The Bertz CT molecular complexity index is 504. The van der Waals surface area contributed by atoms with E-state index in [4.69, 9.17) is 4.42 Å². The molecule has 2 fully saturated rings. The van der Waals surface area contributed by atoms with Crippen molar-refractivity contribution in [2.45, 2.75) is 51.0 Å². The molecule has 1 aromatic heterocycles. The molecule has 0 bridgehead atoms. The molecule has 1 unspecified atom stereocenters. The molecule has 22 heavy (non-hydrogen) atoms. The van der Waals surface area contributed by atoms with E-state index in [1.807, 2.05) is 4.90 Å². The summed E-state index contributed by atoms with van der Waals surface area (Å²) in [5.74, 6) is 0.291. The van der Waals surface area contributed by atoms with Crippen LogP contribution < -0.4 is 0 Å². The SMILES string of the molecule is O=C(C1CCCN1C(=O)c1ccco1)N1CCCCCCC1. The van der Waals surface area contributed by atoms with Crippen LogP contribution in [0.2, 0.25) is 0 Å². The van der Waals surface area contributed by atoms with Crippen LogP contribution >= 0.6 is 0 Å². The van der Waals surface area contributed by atoms with Crippen molar-refractivity contribution in [3.05, 3.63) is 24.2 Å². The van der Waals surface area contributed by atoms with Crippen molar-refractivity contribution < 1.29 is 14.0 Å². The van der Waals surface area contributed by atoms with Crippen LogP contribution in [-0.4, -0.2) is 47.3 Å². The van der Waals surface area contributed by atoms with Crippen molar-refractivity contribution in [3.63, 3.8) is 0 Å². The molecule has 120 valence electrons. The topological polar surface area (TPSA) is 53.8 Å². The summed E-state index contributed by atoms with van der Waals surface area (Å²) < 4.78 is 5.20. The maximum absolute atomic E-state index is 12.9. The number of rotatable bonds is 2. The maximum atomic E-state index is 12.9. The molecule has 0 N–H and O–H groups in total. The second kappa shape index (κ2) is 6.99. The van der Waals surface area contributed by atoms with Gasteiger partial charge in [0.15, 0.2) is 5.76 Å². The highest BCUT2D eigenvalue weighted by molar-refractivity contribution is 5.96. The van der Waals surface area contributed by atoms with Crippen molar-refractivity contribution in [1.29, 1.82) is 0 Å². The predicted octanol–water partition coefficient (Wildman–Crippen LogP) is 2.68. The van der Waals surface area contributed by atoms with Crippen molar-refractivity contribution >= 4 is 11.8 Å². The summed E-state index contributed by atoms with van der Waals surface area (Å²) in [4.78, 5) is 29.0. The molecule has 0 spiro atoms. The van der Waals surface area contributed by atoms with E-state index in [0.717, 1.165) is 38.8 Å². The largest absolute Gasteiger partial charge is 0.459 e. The van der Waals surface area contributed by atoms with Gasteiger partial charge >= 0.3 is 0 Å². The molecule has 0 aromatic carbocycles. The molecule has 1 aromatic rings. The molecule has 3 heterocycles. The molecule has 5 nitrogen and oxygen atoms in total. The lowest BCUT2D eigenvalue weighted by Gasteiger charge is -2.31. The van der Waals surface area contributed by atoms with E-state index >= 15 is 0 Å². The van der Waals surface area contributed by atoms with E-state index in [1.54, 1.807) is 17.0 Å². The summed E-state index contributed by atoms with van der Waals surface area (Å²) in [7, 11) is 0. The number of amides is 2. The molecule has 5 heteroatoms. The van der Waals surface area contributed by atoms with Crippen molar-refractivity contribution in [1.82, 2.24) is 9.80 Å². The smallest absolute Gasteiger partial charge is 0.290 e. The van der Waals surface area contributed by atoms with Crippen molar-refractivity contribution in [2.75, 3.05) is 19.6 Å². The molecule has 0 aliphatic carbocycles. The molecule has 2 saturated heterocycles. The van der Waals surface area contributed by atoms with Crippen molar-refractivity contribution in [2.24, 2.45) is 0 Å². The van der Waals surface area contributed by atoms with Gasteiger partial charge in [-0.05, 0) is 37.8 Å². The predicted molar refractivity (Wildman–Crippen MR) is 82.4 cm³/mol. The van der Waals surface area contributed by atoms with Gasteiger partial charge in [-0.3, -0.25) is 9.59 Å². The summed E-state index contributed by atoms with van der Waals surface area (Å²) in [5, 5.41) is 0. The van der Waals surface area contributed by atoms with E-state index in [2.05, 4.69) is 0 Å². The van der Waals surface area contributed by atoms with Gasteiger partial charge in [-0.25, -0.2) is 0 Å². The molecule has 3 rings (SSSR count). The third-order valence-corrected chi connectivity index (χ3v) is 4.70. The lowest BCUT2D eigenvalue weighted by molar-refractivity contribution is -0.135. The average molecular weight is 304 g/mol. The van der Waals surface area contributed by atoms with Gasteiger partial charge in [0, 0.05) is 19.6 Å². The first-order chi connectivity index (χ1) is 10.8. The van der Waals surface area contributed by atoms with E-state index in [0.29, 0.717) is 12.3 Å². The highest BCUT2D eigenvalue weighted by Crippen LogP contribution is 2.23. The minimum absolute atomic E-state index is 0.124. The highest BCUT2D eigenvalue weighted by Gasteiger charge is 2.37. The number of furan rings is 1. The fourth-order valence-electron chi connectivity index (χ4n) is 3.49. The van der Waals surface area contributed by atoms with Crippen LogP contribution in [0, 0.1) is 0 Å². The van der Waals surface area contributed by atoms with Gasteiger partial charge in [0.05, 0.1) is 6.26 Å². The van der Waals surface area contributed by atoms with Crippen LogP contribution in [0.3, 0.4) is 0 Å². The minimum atomic E-state index is -0.308. The molecule has 0 saturated carbocycles. The number of nitrogens with zero attached hydrogens (tertiary/aromatic N) is 2. The zero-order valence-corrected chi connectivity index (χ0v) is 13.0. The van der Waals surface area contributed by atoms with Crippen LogP contribution in [0.5, 0.6) is 0 Å². The number of carbonyl (C=O) groups is 2. The monoisotopic (exact) mass is 304 g/mol. The number of carbonyl (C=O) groups excluding carboxylic acids is 2. The Morgan fingerprint density at radius 3 is 2.41 bits per heavy atom. The second-order valence-electron chi connectivity index (χ2n) is 6.23. The summed E-state index contributed by atoms with van der Waals surface area (Å²) in [6.07, 6.45) is 8.97. The van der Waals surface area contributed by atoms with Gasteiger partial charge in [-0.2, -0.15) is 0 Å². The minimum Gasteiger partial charge on any atom is -0.459 e. The molecule has 0 radical (unpaired) electrons. The molecule has 2 aliphatic rings. The summed E-state index contributed by atoms with van der Waals surface area (Å²) >= 11 is 0. The number of hydrogen-bond acceptors (Lipinski definition) is 3. The lowest BCUT2D eigenvalue weighted by atomic mass is 10.1. The molecule has 2 amide bonds. The van der Waals surface area contributed by atoms with E-state index in [1.165, 1.54) is 25.5 Å². The van der Waals surface area contributed by atoms with Crippen LogP contribution in [0.4, 0.5) is 0 Å². The Morgan fingerprint density at radius 2 is 1.73 bits per heavy atom. The third kappa shape index (κ3) is 3.18. The van der Waals surface area contributed by atoms with E-state index in [9.17, 15) is 9.59 Å². The van der Waals surface area contributed by atoms with Crippen LogP contribution in [-0.2, 0) is 4.79 Å². The number of likely N-dealkylation sites (tertiary alicyclic amines) is 2.